The summed E-state index contributed by atoms with van der Waals surface area (Å²) in [6.07, 6.45) is 1.28. The van der Waals surface area contributed by atoms with E-state index in [1.54, 1.807) is 24.3 Å². The van der Waals surface area contributed by atoms with Gasteiger partial charge < -0.3 is 15.8 Å². The van der Waals surface area contributed by atoms with Gasteiger partial charge in [-0.2, -0.15) is 0 Å². The topological polar surface area (TPSA) is 81.4 Å². The summed E-state index contributed by atoms with van der Waals surface area (Å²) in [7, 11) is 1.35. The molecule has 0 aliphatic heterocycles. The van der Waals surface area contributed by atoms with Crippen molar-refractivity contribution in [2.45, 2.75) is 26.3 Å². The molecule has 1 aromatic rings. The van der Waals surface area contributed by atoms with Crippen molar-refractivity contribution in [3.05, 3.63) is 35.4 Å². The van der Waals surface area contributed by atoms with Gasteiger partial charge in [0.25, 0.3) is 0 Å². The van der Waals surface area contributed by atoms with Crippen LogP contribution in [-0.4, -0.2) is 25.5 Å². The summed E-state index contributed by atoms with van der Waals surface area (Å²) >= 11 is 0. The van der Waals surface area contributed by atoms with Gasteiger partial charge in [-0.25, -0.2) is 4.79 Å². The number of rotatable bonds is 7. The van der Waals surface area contributed by atoms with E-state index in [0.717, 1.165) is 12.0 Å². The first-order valence-corrected chi connectivity index (χ1v) is 6.70. The molecule has 5 nitrogen and oxygen atoms in total. The van der Waals surface area contributed by atoms with Crippen molar-refractivity contribution in [1.82, 2.24) is 5.32 Å². The number of amides is 1. The third kappa shape index (κ3) is 5.40. The predicted octanol–water partition coefficient (Wildman–Crippen LogP) is 1.46. The van der Waals surface area contributed by atoms with Crippen LogP contribution >= 0.6 is 0 Å². The quantitative estimate of drug-likeness (QED) is 0.740. The second kappa shape index (κ2) is 8.32. The lowest BCUT2D eigenvalue weighted by molar-refractivity contribution is -0.121. The van der Waals surface area contributed by atoms with Crippen molar-refractivity contribution in [2.24, 2.45) is 11.7 Å². The molecule has 5 heteroatoms. The summed E-state index contributed by atoms with van der Waals surface area (Å²) in [6.45, 7) is 3.08. The molecule has 3 N–H and O–H groups in total. The zero-order chi connectivity index (χ0) is 15.0. The minimum atomic E-state index is -0.364. The molecular weight excluding hydrogens is 256 g/mol. The van der Waals surface area contributed by atoms with Crippen molar-refractivity contribution in [1.29, 1.82) is 0 Å². The summed E-state index contributed by atoms with van der Waals surface area (Å²) in [5.74, 6) is 0.0128. The molecule has 0 fully saturated rings. The van der Waals surface area contributed by atoms with Gasteiger partial charge in [0.05, 0.1) is 12.7 Å². The summed E-state index contributed by atoms with van der Waals surface area (Å²) in [5.41, 5.74) is 6.95. The summed E-state index contributed by atoms with van der Waals surface area (Å²) < 4.78 is 4.62. The van der Waals surface area contributed by atoms with Crippen LogP contribution in [-0.2, 0) is 16.1 Å². The molecule has 0 aliphatic carbocycles. The van der Waals surface area contributed by atoms with Gasteiger partial charge in [0, 0.05) is 13.0 Å². The van der Waals surface area contributed by atoms with Crippen molar-refractivity contribution in [3.63, 3.8) is 0 Å². The summed E-state index contributed by atoms with van der Waals surface area (Å²) in [5, 5.41) is 2.85. The number of hydrogen-bond acceptors (Lipinski definition) is 4. The van der Waals surface area contributed by atoms with E-state index in [1.807, 2.05) is 6.92 Å². The standard InChI is InChI=1S/C15H22N2O3/c1-11(9-16)3-8-14(18)17-10-12-4-6-13(7-5-12)15(19)20-2/h4-7,11H,3,8-10,16H2,1-2H3,(H,17,18). The third-order valence-electron chi connectivity index (χ3n) is 3.13. The summed E-state index contributed by atoms with van der Waals surface area (Å²) in [4.78, 5) is 22.9. The SMILES string of the molecule is COC(=O)c1ccc(CNC(=O)CCC(C)CN)cc1. The first-order chi connectivity index (χ1) is 9.56. The molecule has 1 amide bonds. The van der Waals surface area contributed by atoms with Crippen LogP contribution in [0.2, 0.25) is 0 Å². The van der Waals surface area contributed by atoms with Crippen LogP contribution < -0.4 is 11.1 Å². The zero-order valence-electron chi connectivity index (χ0n) is 12.0. The molecule has 1 unspecified atom stereocenters. The maximum Gasteiger partial charge on any atom is 0.337 e. The van der Waals surface area contributed by atoms with E-state index >= 15 is 0 Å². The average molecular weight is 278 g/mol. The molecule has 0 aliphatic rings. The molecule has 0 aromatic heterocycles. The number of benzene rings is 1. The fourth-order valence-corrected chi connectivity index (χ4v) is 1.66. The molecule has 0 spiro atoms. The molecule has 0 saturated carbocycles. The predicted molar refractivity (Wildman–Crippen MR) is 77.1 cm³/mol. The lowest BCUT2D eigenvalue weighted by Crippen LogP contribution is -2.24. The molecule has 1 aromatic carbocycles. The van der Waals surface area contributed by atoms with E-state index in [-0.39, 0.29) is 11.9 Å². The Morgan fingerprint density at radius 2 is 1.95 bits per heavy atom. The Labute approximate surface area is 119 Å². The van der Waals surface area contributed by atoms with Crippen molar-refractivity contribution in [2.75, 3.05) is 13.7 Å². The number of carbonyl (C=O) groups excluding carboxylic acids is 2. The van der Waals surface area contributed by atoms with Gasteiger partial charge >= 0.3 is 5.97 Å². The van der Waals surface area contributed by atoms with Gasteiger partial charge in [-0.15, -0.1) is 0 Å². The minimum absolute atomic E-state index is 0.0161. The fourth-order valence-electron chi connectivity index (χ4n) is 1.66. The molecule has 0 heterocycles. The first kappa shape index (κ1) is 16.2. The van der Waals surface area contributed by atoms with E-state index in [2.05, 4.69) is 10.1 Å². The van der Waals surface area contributed by atoms with Crippen LogP contribution in [0.15, 0.2) is 24.3 Å². The monoisotopic (exact) mass is 278 g/mol. The van der Waals surface area contributed by atoms with Gasteiger partial charge in [-0.1, -0.05) is 19.1 Å². The Morgan fingerprint density at radius 3 is 2.50 bits per heavy atom. The zero-order valence-corrected chi connectivity index (χ0v) is 12.0. The number of nitrogens with one attached hydrogen (secondary N) is 1. The van der Waals surface area contributed by atoms with Gasteiger partial charge in [-0.3, -0.25) is 4.79 Å². The van der Waals surface area contributed by atoms with E-state index < -0.39 is 0 Å². The number of ether oxygens (including phenoxy) is 1. The number of nitrogens with two attached hydrogens (primary N) is 1. The van der Waals surface area contributed by atoms with Crippen LogP contribution in [0.3, 0.4) is 0 Å². The maximum atomic E-state index is 11.6. The lowest BCUT2D eigenvalue weighted by Gasteiger charge is -2.09. The van der Waals surface area contributed by atoms with Crippen molar-refractivity contribution in [3.8, 4) is 0 Å². The average Bonchev–Trinajstić information content (AvgIpc) is 2.50. The highest BCUT2D eigenvalue weighted by atomic mass is 16.5. The van der Waals surface area contributed by atoms with E-state index in [4.69, 9.17) is 5.73 Å². The largest absolute Gasteiger partial charge is 0.465 e. The molecular formula is C15H22N2O3. The van der Waals surface area contributed by atoms with Gasteiger partial charge in [0.15, 0.2) is 0 Å². The van der Waals surface area contributed by atoms with E-state index in [9.17, 15) is 9.59 Å². The maximum absolute atomic E-state index is 11.6. The number of methoxy groups -OCH3 is 1. The second-order valence-corrected chi connectivity index (χ2v) is 4.84. The highest BCUT2D eigenvalue weighted by molar-refractivity contribution is 5.89. The Bertz CT molecular complexity index is 443. The minimum Gasteiger partial charge on any atom is -0.465 e. The smallest absolute Gasteiger partial charge is 0.337 e. The van der Waals surface area contributed by atoms with Gasteiger partial charge in [0.2, 0.25) is 5.91 Å². The Balaban J connectivity index is 2.38. The van der Waals surface area contributed by atoms with Gasteiger partial charge in [-0.05, 0) is 36.6 Å². The number of hydrogen-bond donors (Lipinski definition) is 2. The van der Waals surface area contributed by atoms with E-state index in [1.165, 1.54) is 7.11 Å². The Kier molecular flexibility index (Phi) is 6.73. The van der Waals surface area contributed by atoms with E-state index in [0.29, 0.717) is 31.0 Å². The molecule has 20 heavy (non-hydrogen) atoms. The number of esters is 1. The number of carbonyl (C=O) groups is 2. The van der Waals surface area contributed by atoms with Crippen LogP contribution in [0.1, 0.15) is 35.7 Å². The molecule has 0 saturated heterocycles. The van der Waals surface area contributed by atoms with Crippen LogP contribution in [0.5, 0.6) is 0 Å². The highest BCUT2D eigenvalue weighted by Gasteiger charge is 2.07. The fraction of sp³-hybridized carbons (Fsp3) is 0.467. The molecule has 110 valence electrons. The Morgan fingerprint density at radius 1 is 1.30 bits per heavy atom. The third-order valence-corrected chi connectivity index (χ3v) is 3.13. The molecule has 0 radical (unpaired) electrons. The van der Waals surface area contributed by atoms with Crippen LogP contribution in [0.25, 0.3) is 0 Å². The van der Waals surface area contributed by atoms with Crippen molar-refractivity contribution >= 4 is 11.9 Å². The lowest BCUT2D eigenvalue weighted by atomic mass is 10.1. The van der Waals surface area contributed by atoms with Crippen LogP contribution in [0.4, 0.5) is 0 Å². The highest BCUT2D eigenvalue weighted by Crippen LogP contribution is 2.06. The van der Waals surface area contributed by atoms with Gasteiger partial charge in [0.1, 0.15) is 0 Å². The normalized spacial score (nSPS) is 11.8. The first-order valence-electron chi connectivity index (χ1n) is 6.70. The van der Waals surface area contributed by atoms with Crippen molar-refractivity contribution < 1.29 is 14.3 Å². The molecule has 1 rings (SSSR count). The Hall–Kier alpha value is -1.88. The molecule has 0 bridgehead atoms. The summed E-state index contributed by atoms with van der Waals surface area (Å²) in [6, 6.07) is 6.97. The second-order valence-electron chi connectivity index (χ2n) is 4.84. The molecule has 1 atom stereocenters. The van der Waals surface area contributed by atoms with Crippen LogP contribution in [0, 0.1) is 5.92 Å².